The van der Waals surface area contributed by atoms with Crippen LogP contribution in [0.15, 0.2) is 66.7 Å². The molecule has 4 heterocycles. The summed E-state index contributed by atoms with van der Waals surface area (Å²) in [5.41, 5.74) is 12.8. The fourth-order valence-corrected chi connectivity index (χ4v) is 8.42. The number of aryl methyl sites for hydroxylation is 1. The molecule has 0 bridgehead atoms. The van der Waals surface area contributed by atoms with E-state index in [0.29, 0.717) is 55.2 Å². The lowest BCUT2D eigenvalue weighted by Gasteiger charge is -2.38. The highest BCUT2D eigenvalue weighted by Crippen LogP contribution is 2.41. The van der Waals surface area contributed by atoms with Crippen LogP contribution in [0.5, 0.6) is 5.75 Å². The third-order valence-corrected chi connectivity index (χ3v) is 11.4. The first-order valence-corrected chi connectivity index (χ1v) is 18.6. The van der Waals surface area contributed by atoms with Gasteiger partial charge in [-0.15, -0.1) is 0 Å². The molecule has 0 radical (unpaired) electrons. The number of hydrogen-bond donors (Lipinski definition) is 2. The maximum atomic E-state index is 14.0. The van der Waals surface area contributed by atoms with E-state index in [1.807, 2.05) is 59.3 Å². The van der Waals surface area contributed by atoms with Crippen molar-refractivity contribution in [1.82, 2.24) is 23.9 Å². The van der Waals surface area contributed by atoms with Gasteiger partial charge in [0, 0.05) is 62.5 Å². The van der Waals surface area contributed by atoms with Gasteiger partial charge in [0.2, 0.25) is 0 Å². The summed E-state index contributed by atoms with van der Waals surface area (Å²) in [5, 5.41) is 4.25. The molecule has 0 spiro atoms. The summed E-state index contributed by atoms with van der Waals surface area (Å²) in [7, 11) is 3.70. The third kappa shape index (κ3) is 6.35. The maximum absolute atomic E-state index is 14.0. The molecule has 8 rings (SSSR count). The van der Waals surface area contributed by atoms with Crippen molar-refractivity contribution < 1.29 is 14.3 Å². The molecule has 0 unspecified atom stereocenters. The van der Waals surface area contributed by atoms with Gasteiger partial charge in [-0.25, -0.2) is 9.78 Å². The molecular formula is C41H49N7O3. The van der Waals surface area contributed by atoms with E-state index in [2.05, 4.69) is 45.6 Å². The Kier molecular flexibility index (Phi) is 8.96. The number of likely N-dealkylation sites (tertiary alicyclic amines) is 2. The average molecular weight is 688 g/mol. The normalized spacial score (nSPS) is 19.9. The Balaban J connectivity index is 1.13. The number of benzene rings is 3. The van der Waals surface area contributed by atoms with Crippen LogP contribution in [0.3, 0.4) is 0 Å². The monoisotopic (exact) mass is 687 g/mol. The average Bonchev–Trinajstić information content (AvgIpc) is 3.82. The topological polar surface area (TPSA) is 111 Å². The molecule has 1 saturated carbocycles. The second kappa shape index (κ2) is 13.7. The van der Waals surface area contributed by atoms with Crippen LogP contribution >= 0.6 is 0 Å². The number of nitrogens with zero attached hydrogens (tertiary/aromatic N) is 5. The van der Waals surface area contributed by atoms with Gasteiger partial charge < -0.3 is 34.7 Å². The number of imidazole rings is 1. The summed E-state index contributed by atoms with van der Waals surface area (Å²) in [6.45, 7) is 5.72. The highest BCUT2D eigenvalue weighted by atomic mass is 16.5. The lowest BCUT2D eigenvalue weighted by Crippen LogP contribution is -2.49. The van der Waals surface area contributed by atoms with E-state index in [1.54, 1.807) is 7.11 Å². The summed E-state index contributed by atoms with van der Waals surface area (Å²) in [6.07, 6.45) is 6.29. The maximum Gasteiger partial charge on any atom is 0.321 e. The number of carbonyl (C=O) groups is 2. The van der Waals surface area contributed by atoms with Crippen molar-refractivity contribution in [3.63, 3.8) is 0 Å². The van der Waals surface area contributed by atoms with Crippen molar-refractivity contribution in [1.29, 1.82) is 0 Å². The SMILES string of the molecule is COc1cc(C(=O)N2C[C@H](C)CC[C@@H]2CN)cc2nc(-c3cc4cccc(C5CCN(C(=O)Nc6ccccc6)CC5)c4n3CC3CC3)n(C)c12. The van der Waals surface area contributed by atoms with Gasteiger partial charge in [0.25, 0.3) is 5.91 Å². The zero-order chi connectivity index (χ0) is 35.2. The van der Waals surface area contributed by atoms with Crippen LogP contribution in [0.1, 0.15) is 67.3 Å². The Bertz CT molecular complexity index is 2070. The lowest BCUT2D eigenvalue weighted by molar-refractivity contribution is 0.0559. The summed E-state index contributed by atoms with van der Waals surface area (Å²) >= 11 is 0. The first-order chi connectivity index (χ1) is 24.8. The largest absolute Gasteiger partial charge is 0.494 e. The molecule has 1 aliphatic carbocycles. The summed E-state index contributed by atoms with van der Waals surface area (Å²) in [6, 6.07) is 22.4. The Labute approximate surface area is 299 Å². The molecule has 3 aromatic carbocycles. The van der Waals surface area contributed by atoms with Gasteiger partial charge in [0.1, 0.15) is 11.3 Å². The number of methoxy groups -OCH3 is 1. The predicted octanol–water partition coefficient (Wildman–Crippen LogP) is 7.22. The first-order valence-electron chi connectivity index (χ1n) is 18.6. The van der Waals surface area contributed by atoms with Crippen molar-refractivity contribution >= 4 is 39.6 Å². The van der Waals surface area contributed by atoms with Crippen molar-refractivity contribution in [2.24, 2.45) is 24.6 Å². The van der Waals surface area contributed by atoms with E-state index in [1.165, 1.54) is 29.3 Å². The minimum atomic E-state index is -0.0379. The van der Waals surface area contributed by atoms with E-state index < -0.39 is 0 Å². The van der Waals surface area contributed by atoms with E-state index in [9.17, 15) is 9.59 Å². The molecule has 3 aliphatic rings. The third-order valence-electron chi connectivity index (χ3n) is 11.4. The summed E-state index contributed by atoms with van der Waals surface area (Å²) < 4.78 is 10.6. The smallest absolute Gasteiger partial charge is 0.321 e. The molecule has 10 nitrogen and oxygen atoms in total. The van der Waals surface area contributed by atoms with Gasteiger partial charge in [0.05, 0.1) is 23.8 Å². The van der Waals surface area contributed by atoms with Crippen molar-refractivity contribution in [3.05, 3.63) is 77.9 Å². The summed E-state index contributed by atoms with van der Waals surface area (Å²) in [5.74, 6) is 2.91. The lowest BCUT2D eigenvalue weighted by atomic mass is 9.88. The number of fused-ring (bicyclic) bond motifs is 2. The number of nitrogens with two attached hydrogens (primary N) is 1. The second-order valence-electron chi connectivity index (χ2n) is 15.0. The Hall–Kier alpha value is -4.83. The predicted molar refractivity (Wildman–Crippen MR) is 202 cm³/mol. The number of aromatic nitrogens is 3. The Morgan fingerprint density at radius 3 is 2.45 bits per heavy atom. The Morgan fingerprint density at radius 1 is 0.941 bits per heavy atom. The van der Waals surface area contributed by atoms with Gasteiger partial charge in [-0.3, -0.25) is 4.79 Å². The molecule has 10 heteroatoms. The minimum absolute atomic E-state index is 0.0134. The number of piperidine rings is 2. The van der Waals surface area contributed by atoms with Crippen LogP contribution in [0.2, 0.25) is 0 Å². The van der Waals surface area contributed by atoms with Gasteiger partial charge in [-0.2, -0.15) is 0 Å². The highest BCUT2D eigenvalue weighted by molar-refractivity contribution is 6.00. The van der Waals surface area contributed by atoms with Crippen molar-refractivity contribution in [3.8, 4) is 17.3 Å². The zero-order valence-electron chi connectivity index (χ0n) is 30.0. The molecule has 2 aromatic heterocycles. The number of rotatable bonds is 8. The second-order valence-corrected chi connectivity index (χ2v) is 15.0. The minimum Gasteiger partial charge on any atom is -0.494 e. The molecule has 3 amide bonds. The van der Waals surface area contributed by atoms with Gasteiger partial charge in [-0.1, -0.05) is 43.3 Å². The number of ether oxygens (including phenoxy) is 1. The van der Waals surface area contributed by atoms with Crippen molar-refractivity contribution in [2.75, 3.05) is 38.6 Å². The quantitative estimate of drug-likeness (QED) is 0.179. The fraction of sp³-hybridized carbons (Fsp3) is 0.439. The standard InChI is InChI=1S/C41H49N7O3/c1-26-12-15-32(23-42)47(24-26)40(49)30-20-34-38(36(22-30)51-3)45(2)39(44-34)35-21-29-8-7-11-33(37(29)48(35)25-27-13-14-27)28-16-18-46(19-17-28)41(50)43-31-9-5-4-6-10-31/h4-11,20-22,26-28,32H,12-19,23-25,42H2,1-3H3,(H,43,50)/t26-,32-/m1/s1. The van der Waals surface area contributed by atoms with Crippen LogP contribution in [0, 0.1) is 11.8 Å². The van der Waals surface area contributed by atoms with Crippen LogP contribution in [0.4, 0.5) is 10.5 Å². The highest BCUT2D eigenvalue weighted by Gasteiger charge is 2.32. The number of anilines is 1. The number of amides is 3. The molecule has 266 valence electrons. The molecule has 2 aliphatic heterocycles. The van der Waals surface area contributed by atoms with Gasteiger partial charge in [-0.05, 0) is 92.2 Å². The van der Waals surface area contributed by atoms with Crippen molar-refractivity contribution in [2.45, 2.75) is 64.0 Å². The van der Waals surface area contributed by atoms with Crippen LogP contribution in [-0.2, 0) is 13.6 Å². The number of nitrogens with one attached hydrogen (secondary N) is 1. The van der Waals surface area contributed by atoms with Crippen LogP contribution < -0.4 is 15.8 Å². The van der Waals surface area contributed by atoms with E-state index in [-0.39, 0.29) is 18.0 Å². The molecule has 2 atom stereocenters. The molecule has 3 fully saturated rings. The van der Waals surface area contributed by atoms with Crippen LogP contribution in [0.25, 0.3) is 33.5 Å². The molecule has 2 saturated heterocycles. The molecule has 3 N–H and O–H groups in total. The number of carbonyl (C=O) groups excluding carboxylic acids is 2. The Morgan fingerprint density at radius 2 is 1.73 bits per heavy atom. The number of para-hydroxylation sites is 2. The molecule has 51 heavy (non-hydrogen) atoms. The van der Waals surface area contributed by atoms with Gasteiger partial charge >= 0.3 is 6.03 Å². The van der Waals surface area contributed by atoms with E-state index in [4.69, 9.17) is 15.5 Å². The van der Waals surface area contributed by atoms with E-state index >= 15 is 0 Å². The van der Waals surface area contributed by atoms with Crippen LogP contribution in [-0.4, -0.2) is 75.2 Å². The zero-order valence-corrected chi connectivity index (χ0v) is 30.0. The molecule has 5 aromatic rings. The van der Waals surface area contributed by atoms with Gasteiger partial charge in [0.15, 0.2) is 5.82 Å². The molecular weight excluding hydrogens is 638 g/mol. The first kappa shape index (κ1) is 33.3. The number of urea groups is 1. The fourth-order valence-electron chi connectivity index (χ4n) is 8.42. The number of hydrogen-bond acceptors (Lipinski definition) is 5. The van der Waals surface area contributed by atoms with E-state index in [0.717, 1.165) is 60.5 Å². The summed E-state index contributed by atoms with van der Waals surface area (Å²) in [4.78, 5) is 36.2.